The van der Waals surface area contributed by atoms with E-state index in [0.717, 1.165) is 13.1 Å². The molecule has 0 aliphatic heterocycles. The van der Waals surface area contributed by atoms with Gasteiger partial charge in [-0.1, -0.05) is 25.9 Å². The van der Waals surface area contributed by atoms with E-state index in [2.05, 4.69) is 41.6 Å². The molecule has 6 nitrogen and oxygen atoms in total. The molecule has 0 aromatic carbocycles. The number of ether oxygens (including phenoxy) is 1. The van der Waals surface area contributed by atoms with Crippen LogP contribution < -0.4 is 10.6 Å². The molecule has 0 bridgehead atoms. The Bertz CT molecular complexity index is 328. The summed E-state index contributed by atoms with van der Waals surface area (Å²) < 4.78 is 10.4. The lowest BCUT2D eigenvalue weighted by Crippen LogP contribution is -2.18. The standard InChI is InChI=1S/C12H24N4O2/c1-9(2)10(3)7-14-12-16-15-11(18-12)8-13-5-6-17-4/h9-10,13H,5-8H2,1-4H3,(H,14,16). The zero-order valence-corrected chi connectivity index (χ0v) is 11.7. The fourth-order valence-corrected chi connectivity index (χ4v) is 1.25. The molecule has 1 unspecified atom stereocenters. The highest BCUT2D eigenvalue weighted by Crippen LogP contribution is 2.11. The molecule has 0 spiro atoms. The van der Waals surface area contributed by atoms with E-state index < -0.39 is 0 Å². The molecule has 0 saturated carbocycles. The highest BCUT2D eigenvalue weighted by molar-refractivity contribution is 5.16. The van der Waals surface area contributed by atoms with E-state index in [1.807, 2.05) is 0 Å². The third-order valence-corrected chi connectivity index (χ3v) is 2.94. The molecule has 1 heterocycles. The Morgan fingerprint density at radius 3 is 2.72 bits per heavy atom. The summed E-state index contributed by atoms with van der Waals surface area (Å²) >= 11 is 0. The van der Waals surface area contributed by atoms with Crippen molar-refractivity contribution in [1.82, 2.24) is 15.5 Å². The molecule has 0 fully saturated rings. The van der Waals surface area contributed by atoms with Crippen LogP contribution in [0, 0.1) is 11.8 Å². The molecule has 1 aromatic heterocycles. The van der Waals surface area contributed by atoms with Crippen LogP contribution in [-0.2, 0) is 11.3 Å². The van der Waals surface area contributed by atoms with E-state index >= 15 is 0 Å². The Labute approximate surface area is 108 Å². The van der Waals surface area contributed by atoms with Crippen molar-refractivity contribution in [1.29, 1.82) is 0 Å². The van der Waals surface area contributed by atoms with E-state index in [-0.39, 0.29) is 0 Å². The largest absolute Gasteiger partial charge is 0.407 e. The van der Waals surface area contributed by atoms with E-state index in [1.54, 1.807) is 7.11 Å². The normalized spacial score (nSPS) is 12.9. The summed E-state index contributed by atoms with van der Waals surface area (Å²) in [6.07, 6.45) is 0. The van der Waals surface area contributed by atoms with Crippen molar-refractivity contribution in [3.05, 3.63) is 5.89 Å². The maximum Gasteiger partial charge on any atom is 0.315 e. The van der Waals surface area contributed by atoms with Crippen molar-refractivity contribution in [3.63, 3.8) is 0 Å². The Kier molecular flexibility index (Phi) is 6.67. The van der Waals surface area contributed by atoms with Crippen LogP contribution in [0.2, 0.25) is 0 Å². The molecule has 1 atom stereocenters. The molecule has 0 aliphatic rings. The second kappa shape index (κ2) is 8.05. The molecule has 0 amide bonds. The van der Waals surface area contributed by atoms with Gasteiger partial charge >= 0.3 is 6.01 Å². The van der Waals surface area contributed by atoms with Crippen LogP contribution >= 0.6 is 0 Å². The van der Waals surface area contributed by atoms with Crippen molar-refractivity contribution >= 4 is 6.01 Å². The fourth-order valence-electron chi connectivity index (χ4n) is 1.25. The van der Waals surface area contributed by atoms with Gasteiger partial charge in [-0.05, 0) is 11.8 Å². The first-order valence-corrected chi connectivity index (χ1v) is 6.39. The number of rotatable bonds is 9. The summed E-state index contributed by atoms with van der Waals surface area (Å²) in [5.41, 5.74) is 0. The summed E-state index contributed by atoms with van der Waals surface area (Å²) in [5.74, 6) is 1.79. The number of methoxy groups -OCH3 is 1. The fraction of sp³-hybridized carbons (Fsp3) is 0.833. The molecule has 6 heteroatoms. The SMILES string of the molecule is COCCNCc1nnc(NCC(C)C(C)C)o1. The van der Waals surface area contributed by atoms with Crippen LogP contribution in [0.25, 0.3) is 0 Å². The van der Waals surface area contributed by atoms with Crippen LogP contribution in [0.5, 0.6) is 0 Å². The van der Waals surface area contributed by atoms with Crippen LogP contribution in [0.4, 0.5) is 6.01 Å². The Morgan fingerprint density at radius 1 is 1.28 bits per heavy atom. The molecule has 1 rings (SSSR count). The molecule has 0 radical (unpaired) electrons. The zero-order chi connectivity index (χ0) is 13.4. The predicted octanol–water partition coefficient (Wildman–Crippen LogP) is 1.51. The summed E-state index contributed by atoms with van der Waals surface area (Å²) in [4.78, 5) is 0. The maximum absolute atomic E-state index is 5.46. The molecule has 18 heavy (non-hydrogen) atoms. The lowest BCUT2D eigenvalue weighted by molar-refractivity contribution is 0.198. The molecule has 104 valence electrons. The second-order valence-corrected chi connectivity index (χ2v) is 4.77. The van der Waals surface area contributed by atoms with Crippen molar-refractivity contribution in [2.24, 2.45) is 11.8 Å². The minimum absolute atomic E-state index is 0.492. The van der Waals surface area contributed by atoms with Gasteiger partial charge in [-0.2, -0.15) is 0 Å². The molecule has 1 aromatic rings. The van der Waals surface area contributed by atoms with E-state index in [4.69, 9.17) is 9.15 Å². The van der Waals surface area contributed by atoms with Gasteiger partial charge < -0.3 is 19.8 Å². The molecule has 0 saturated heterocycles. The zero-order valence-electron chi connectivity index (χ0n) is 11.7. The topological polar surface area (TPSA) is 72.2 Å². The smallest absolute Gasteiger partial charge is 0.315 e. The number of hydrogen-bond acceptors (Lipinski definition) is 6. The van der Waals surface area contributed by atoms with Gasteiger partial charge in [-0.3, -0.25) is 0 Å². The third-order valence-electron chi connectivity index (χ3n) is 2.94. The number of aromatic nitrogens is 2. The maximum atomic E-state index is 5.46. The Hall–Kier alpha value is -1.14. The van der Waals surface area contributed by atoms with Crippen molar-refractivity contribution < 1.29 is 9.15 Å². The van der Waals surface area contributed by atoms with Gasteiger partial charge in [0.2, 0.25) is 5.89 Å². The summed E-state index contributed by atoms with van der Waals surface area (Å²) in [6.45, 7) is 9.45. The lowest BCUT2D eigenvalue weighted by Gasteiger charge is -2.14. The minimum atomic E-state index is 0.492. The minimum Gasteiger partial charge on any atom is -0.407 e. The van der Waals surface area contributed by atoms with Crippen molar-refractivity contribution in [2.75, 3.05) is 32.1 Å². The number of hydrogen-bond donors (Lipinski definition) is 2. The van der Waals surface area contributed by atoms with Gasteiger partial charge in [0.1, 0.15) is 0 Å². The van der Waals surface area contributed by atoms with Gasteiger partial charge in [-0.15, -0.1) is 5.10 Å². The van der Waals surface area contributed by atoms with Crippen LogP contribution in [0.1, 0.15) is 26.7 Å². The van der Waals surface area contributed by atoms with Crippen molar-refractivity contribution in [3.8, 4) is 0 Å². The lowest BCUT2D eigenvalue weighted by atomic mass is 9.98. The number of nitrogens with one attached hydrogen (secondary N) is 2. The first kappa shape index (κ1) is 14.9. The van der Waals surface area contributed by atoms with Crippen LogP contribution in [0.15, 0.2) is 4.42 Å². The monoisotopic (exact) mass is 256 g/mol. The first-order valence-electron chi connectivity index (χ1n) is 6.39. The van der Waals surface area contributed by atoms with Gasteiger partial charge in [0.05, 0.1) is 13.2 Å². The molecule has 2 N–H and O–H groups in total. The Balaban J connectivity index is 2.25. The molecule has 0 aliphatic carbocycles. The quantitative estimate of drug-likeness (QED) is 0.653. The van der Waals surface area contributed by atoms with E-state index in [0.29, 0.717) is 36.9 Å². The summed E-state index contributed by atoms with van der Waals surface area (Å²) in [5, 5.41) is 14.2. The predicted molar refractivity (Wildman–Crippen MR) is 70.4 cm³/mol. The summed E-state index contributed by atoms with van der Waals surface area (Å²) in [6, 6.07) is 0.492. The number of anilines is 1. The number of nitrogens with zero attached hydrogens (tertiary/aromatic N) is 2. The molecular formula is C12H24N4O2. The first-order chi connectivity index (χ1) is 8.63. The molecular weight excluding hydrogens is 232 g/mol. The van der Waals surface area contributed by atoms with E-state index in [1.165, 1.54) is 0 Å². The van der Waals surface area contributed by atoms with Gasteiger partial charge in [-0.25, -0.2) is 0 Å². The average molecular weight is 256 g/mol. The van der Waals surface area contributed by atoms with Crippen LogP contribution in [0.3, 0.4) is 0 Å². The van der Waals surface area contributed by atoms with Crippen molar-refractivity contribution in [2.45, 2.75) is 27.3 Å². The van der Waals surface area contributed by atoms with Gasteiger partial charge in [0.15, 0.2) is 0 Å². The highest BCUT2D eigenvalue weighted by Gasteiger charge is 2.09. The van der Waals surface area contributed by atoms with Crippen LogP contribution in [-0.4, -0.2) is 37.0 Å². The van der Waals surface area contributed by atoms with Gasteiger partial charge in [0, 0.05) is 20.2 Å². The van der Waals surface area contributed by atoms with Gasteiger partial charge in [0.25, 0.3) is 0 Å². The second-order valence-electron chi connectivity index (χ2n) is 4.77. The average Bonchev–Trinajstić information content (AvgIpc) is 2.79. The highest BCUT2D eigenvalue weighted by atomic mass is 16.5. The van der Waals surface area contributed by atoms with E-state index in [9.17, 15) is 0 Å². The third kappa shape index (κ3) is 5.46. The Morgan fingerprint density at radius 2 is 2.06 bits per heavy atom. The summed E-state index contributed by atoms with van der Waals surface area (Å²) in [7, 11) is 1.67.